The summed E-state index contributed by atoms with van der Waals surface area (Å²) in [5.74, 6) is -0.776. The Morgan fingerprint density at radius 2 is 2.04 bits per heavy atom. The van der Waals surface area contributed by atoms with Crippen molar-refractivity contribution in [3.05, 3.63) is 53.5 Å². The van der Waals surface area contributed by atoms with Gasteiger partial charge in [0.15, 0.2) is 0 Å². The maximum Gasteiger partial charge on any atom is 0.257 e. The number of carbonyl (C=O) groups is 2. The predicted octanol–water partition coefficient (Wildman–Crippen LogP) is 1.79. The van der Waals surface area contributed by atoms with Crippen LogP contribution in [0.4, 0.5) is 5.69 Å². The Hall–Kier alpha value is -3.22. The first-order valence-corrected chi connectivity index (χ1v) is 7.42. The highest BCUT2D eigenvalue weighted by atomic mass is 16.2. The van der Waals surface area contributed by atoms with Crippen LogP contribution in [0.25, 0.3) is 10.9 Å². The minimum atomic E-state index is -0.499. The van der Waals surface area contributed by atoms with Crippen LogP contribution >= 0.6 is 0 Å². The van der Waals surface area contributed by atoms with E-state index in [1.54, 1.807) is 13.1 Å². The fourth-order valence-electron chi connectivity index (χ4n) is 2.48. The SMILES string of the molecule is Cc1ccc2cc(C(=O)Nc3cnn(CC(N)=O)c3)c(C)nc2c1. The van der Waals surface area contributed by atoms with Crippen LogP contribution in [0.15, 0.2) is 36.7 Å². The summed E-state index contributed by atoms with van der Waals surface area (Å²) in [6.45, 7) is 3.76. The second-order valence-electron chi connectivity index (χ2n) is 5.66. The number of amides is 2. The van der Waals surface area contributed by atoms with E-state index in [9.17, 15) is 9.59 Å². The smallest absolute Gasteiger partial charge is 0.257 e. The van der Waals surface area contributed by atoms with Crippen molar-refractivity contribution in [1.29, 1.82) is 0 Å². The molecule has 7 heteroatoms. The number of hydrogen-bond acceptors (Lipinski definition) is 4. The van der Waals surface area contributed by atoms with Crippen LogP contribution in [-0.2, 0) is 11.3 Å². The van der Waals surface area contributed by atoms with Gasteiger partial charge < -0.3 is 11.1 Å². The Morgan fingerprint density at radius 1 is 1.25 bits per heavy atom. The molecule has 0 fully saturated rings. The predicted molar refractivity (Wildman–Crippen MR) is 90.6 cm³/mol. The average Bonchev–Trinajstić information content (AvgIpc) is 2.92. The van der Waals surface area contributed by atoms with Gasteiger partial charge in [-0.15, -0.1) is 0 Å². The van der Waals surface area contributed by atoms with E-state index in [0.29, 0.717) is 16.9 Å². The molecule has 0 spiro atoms. The number of pyridine rings is 1. The minimum absolute atomic E-state index is 0.0359. The van der Waals surface area contributed by atoms with Crippen molar-refractivity contribution in [3.8, 4) is 0 Å². The lowest BCUT2D eigenvalue weighted by molar-refractivity contribution is -0.118. The van der Waals surface area contributed by atoms with E-state index in [1.807, 2.05) is 31.2 Å². The lowest BCUT2D eigenvalue weighted by Crippen LogP contribution is -2.18. The van der Waals surface area contributed by atoms with E-state index < -0.39 is 5.91 Å². The fourth-order valence-corrected chi connectivity index (χ4v) is 2.48. The number of nitrogens with one attached hydrogen (secondary N) is 1. The molecule has 3 aromatic rings. The molecule has 0 saturated heterocycles. The number of fused-ring (bicyclic) bond motifs is 1. The zero-order valence-corrected chi connectivity index (χ0v) is 13.4. The molecule has 122 valence electrons. The Bertz CT molecular complexity index is 945. The van der Waals surface area contributed by atoms with Gasteiger partial charge in [-0.1, -0.05) is 12.1 Å². The van der Waals surface area contributed by atoms with Gasteiger partial charge in [-0.05, 0) is 31.5 Å². The number of primary amides is 1. The van der Waals surface area contributed by atoms with Gasteiger partial charge in [0, 0.05) is 11.6 Å². The molecule has 0 aliphatic heterocycles. The Kier molecular flexibility index (Phi) is 3.99. The van der Waals surface area contributed by atoms with Crippen LogP contribution in [0, 0.1) is 13.8 Å². The zero-order valence-electron chi connectivity index (χ0n) is 13.4. The van der Waals surface area contributed by atoms with Gasteiger partial charge in [0.25, 0.3) is 5.91 Å². The second-order valence-corrected chi connectivity index (χ2v) is 5.66. The first-order chi connectivity index (χ1) is 11.4. The summed E-state index contributed by atoms with van der Waals surface area (Å²) < 4.78 is 1.37. The summed E-state index contributed by atoms with van der Waals surface area (Å²) in [5.41, 5.74) is 8.73. The maximum absolute atomic E-state index is 12.5. The van der Waals surface area contributed by atoms with Crippen LogP contribution in [-0.4, -0.2) is 26.6 Å². The molecule has 2 amide bonds. The first kappa shape index (κ1) is 15.7. The molecule has 1 aromatic carbocycles. The standard InChI is InChI=1S/C17H17N5O2/c1-10-3-4-12-6-14(11(2)20-15(12)5-10)17(24)21-13-7-19-22(8-13)9-16(18)23/h3-8H,9H2,1-2H3,(H2,18,23)(H,21,24). The van der Waals surface area contributed by atoms with Crippen molar-refractivity contribution in [2.45, 2.75) is 20.4 Å². The Labute approximate surface area is 138 Å². The van der Waals surface area contributed by atoms with Gasteiger partial charge in [-0.3, -0.25) is 19.3 Å². The van der Waals surface area contributed by atoms with Crippen molar-refractivity contribution < 1.29 is 9.59 Å². The Morgan fingerprint density at radius 3 is 2.79 bits per heavy atom. The third kappa shape index (κ3) is 3.24. The van der Waals surface area contributed by atoms with E-state index in [1.165, 1.54) is 10.9 Å². The van der Waals surface area contributed by atoms with Gasteiger partial charge >= 0.3 is 0 Å². The van der Waals surface area contributed by atoms with E-state index in [-0.39, 0.29) is 12.5 Å². The molecule has 0 bridgehead atoms. The first-order valence-electron chi connectivity index (χ1n) is 7.42. The monoisotopic (exact) mass is 323 g/mol. The molecule has 7 nitrogen and oxygen atoms in total. The molecule has 2 aromatic heterocycles. The number of carbonyl (C=O) groups excluding carboxylic acids is 2. The highest BCUT2D eigenvalue weighted by molar-refractivity contribution is 6.06. The van der Waals surface area contributed by atoms with Gasteiger partial charge in [-0.25, -0.2) is 0 Å². The minimum Gasteiger partial charge on any atom is -0.368 e. The summed E-state index contributed by atoms with van der Waals surface area (Å²) in [4.78, 5) is 27.9. The van der Waals surface area contributed by atoms with Gasteiger partial charge in [-0.2, -0.15) is 5.10 Å². The summed E-state index contributed by atoms with van der Waals surface area (Å²) in [6, 6.07) is 7.73. The molecule has 0 aliphatic rings. The highest BCUT2D eigenvalue weighted by Gasteiger charge is 2.13. The van der Waals surface area contributed by atoms with Crippen molar-refractivity contribution in [3.63, 3.8) is 0 Å². The van der Waals surface area contributed by atoms with Gasteiger partial charge in [0.2, 0.25) is 5.91 Å². The average molecular weight is 323 g/mol. The van der Waals surface area contributed by atoms with E-state index >= 15 is 0 Å². The molecule has 3 rings (SSSR count). The zero-order chi connectivity index (χ0) is 17.3. The third-order valence-electron chi connectivity index (χ3n) is 3.62. The summed E-state index contributed by atoms with van der Waals surface area (Å²) in [6.07, 6.45) is 3.02. The van der Waals surface area contributed by atoms with Crippen molar-refractivity contribution in [2.24, 2.45) is 5.73 Å². The maximum atomic E-state index is 12.5. The van der Waals surface area contributed by atoms with Crippen molar-refractivity contribution in [2.75, 3.05) is 5.32 Å². The van der Waals surface area contributed by atoms with Gasteiger partial charge in [0.05, 0.1) is 28.7 Å². The number of aromatic nitrogens is 3. The molecule has 24 heavy (non-hydrogen) atoms. The summed E-state index contributed by atoms with van der Waals surface area (Å²) in [7, 11) is 0. The van der Waals surface area contributed by atoms with E-state index in [2.05, 4.69) is 15.4 Å². The number of benzene rings is 1. The quantitative estimate of drug-likeness (QED) is 0.764. The van der Waals surface area contributed by atoms with Gasteiger partial charge in [0.1, 0.15) is 6.54 Å². The molecular weight excluding hydrogens is 306 g/mol. The largest absolute Gasteiger partial charge is 0.368 e. The highest BCUT2D eigenvalue weighted by Crippen LogP contribution is 2.19. The fraction of sp³-hybridized carbons (Fsp3) is 0.176. The number of nitrogens with two attached hydrogens (primary N) is 1. The van der Waals surface area contributed by atoms with Crippen LogP contribution in [0.3, 0.4) is 0 Å². The molecule has 2 heterocycles. The molecule has 0 aliphatic carbocycles. The molecule has 3 N–H and O–H groups in total. The normalized spacial score (nSPS) is 10.8. The number of aryl methyl sites for hydroxylation is 2. The molecular formula is C17H17N5O2. The van der Waals surface area contributed by atoms with Crippen molar-refractivity contribution in [1.82, 2.24) is 14.8 Å². The lowest BCUT2D eigenvalue weighted by Gasteiger charge is -2.08. The summed E-state index contributed by atoms with van der Waals surface area (Å²) >= 11 is 0. The number of anilines is 1. The molecule has 0 radical (unpaired) electrons. The molecule has 0 atom stereocenters. The summed E-state index contributed by atoms with van der Waals surface area (Å²) in [5, 5.41) is 7.63. The number of rotatable bonds is 4. The number of nitrogens with zero attached hydrogens (tertiary/aromatic N) is 3. The number of hydrogen-bond donors (Lipinski definition) is 2. The topological polar surface area (TPSA) is 103 Å². The van der Waals surface area contributed by atoms with E-state index in [4.69, 9.17) is 5.73 Å². The van der Waals surface area contributed by atoms with Crippen LogP contribution < -0.4 is 11.1 Å². The van der Waals surface area contributed by atoms with E-state index in [0.717, 1.165) is 16.5 Å². The van der Waals surface area contributed by atoms with Crippen molar-refractivity contribution >= 4 is 28.4 Å². The van der Waals surface area contributed by atoms with Crippen LogP contribution in [0.1, 0.15) is 21.6 Å². The Balaban J connectivity index is 1.85. The van der Waals surface area contributed by atoms with Crippen LogP contribution in [0.5, 0.6) is 0 Å². The second kappa shape index (κ2) is 6.11. The lowest BCUT2D eigenvalue weighted by atomic mass is 10.1. The van der Waals surface area contributed by atoms with Crippen LogP contribution in [0.2, 0.25) is 0 Å². The molecule has 0 saturated carbocycles. The molecule has 0 unspecified atom stereocenters. The third-order valence-corrected chi connectivity index (χ3v) is 3.62.